The van der Waals surface area contributed by atoms with Crippen molar-refractivity contribution >= 4 is 14.8 Å². The quantitative estimate of drug-likeness (QED) is 0.0284. The first-order chi connectivity index (χ1) is 22.5. The van der Waals surface area contributed by atoms with Crippen molar-refractivity contribution in [1.82, 2.24) is 0 Å². The Balaban J connectivity index is 4.90. The molecule has 5 nitrogen and oxygen atoms in total. The van der Waals surface area contributed by atoms with Gasteiger partial charge in [0.2, 0.25) is 0 Å². The van der Waals surface area contributed by atoms with Crippen LogP contribution in [0.1, 0.15) is 207 Å². The van der Waals surface area contributed by atoms with Crippen LogP contribution in [0, 0.1) is 0 Å². The van der Waals surface area contributed by atoms with Crippen LogP contribution in [0.15, 0.2) is 12.2 Å². The number of rotatable bonds is 38. The van der Waals surface area contributed by atoms with Gasteiger partial charge >= 0.3 is 14.8 Å². The maximum Gasteiger partial charge on any atom is 0.501 e. The zero-order valence-corrected chi connectivity index (χ0v) is 32.6. The molecule has 0 unspecified atom stereocenters. The molecule has 0 aromatic heterocycles. The first-order valence-corrected chi connectivity index (χ1v) is 22.2. The van der Waals surface area contributed by atoms with Crippen LogP contribution >= 0.6 is 0 Å². The second-order valence-corrected chi connectivity index (χ2v) is 16.5. The maximum atomic E-state index is 12.0. The predicted octanol–water partition coefficient (Wildman–Crippen LogP) is 13.1. The first kappa shape index (κ1) is 45.3. The molecule has 0 atom stereocenters. The summed E-state index contributed by atoms with van der Waals surface area (Å²) in [5, 5.41) is 0. The minimum Gasteiger partial charge on any atom is -0.462 e. The lowest BCUT2D eigenvalue weighted by molar-refractivity contribution is -0.139. The van der Waals surface area contributed by atoms with Crippen molar-refractivity contribution in [2.75, 3.05) is 26.4 Å². The molecular weight excluding hydrogens is 589 g/mol. The number of ether oxygens (including phenoxy) is 1. The summed E-state index contributed by atoms with van der Waals surface area (Å²) in [6, 6.07) is 0.697. The molecule has 0 amide bonds. The zero-order valence-electron chi connectivity index (χ0n) is 31.6. The molecule has 274 valence electrons. The van der Waals surface area contributed by atoms with Gasteiger partial charge in [-0.05, 0) is 32.6 Å². The molecule has 0 spiro atoms. The molecule has 0 N–H and O–H groups in total. The van der Waals surface area contributed by atoms with Gasteiger partial charge < -0.3 is 18.0 Å². The van der Waals surface area contributed by atoms with Gasteiger partial charge in [0.25, 0.3) is 0 Å². The van der Waals surface area contributed by atoms with Crippen molar-refractivity contribution in [2.24, 2.45) is 0 Å². The van der Waals surface area contributed by atoms with Crippen LogP contribution in [0.25, 0.3) is 0 Å². The fraction of sp³-hybridized carbons (Fsp3) is 0.925. The highest BCUT2D eigenvalue weighted by molar-refractivity contribution is 6.60. The summed E-state index contributed by atoms with van der Waals surface area (Å²) in [5.41, 5.74) is 0.438. The van der Waals surface area contributed by atoms with Gasteiger partial charge in [-0.15, -0.1) is 0 Å². The van der Waals surface area contributed by atoms with E-state index >= 15 is 0 Å². The number of carbonyl (C=O) groups excluding carboxylic acids is 1. The Morgan fingerprint density at radius 3 is 1.00 bits per heavy atom. The number of hydrogen-bond acceptors (Lipinski definition) is 5. The van der Waals surface area contributed by atoms with Crippen LogP contribution in [-0.4, -0.2) is 41.2 Å². The lowest BCUT2D eigenvalue weighted by atomic mass is 10.1. The third-order valence-electron chi connectivity index (χ3n) is 8.92. The summed E-state index contributed by atoms with van der Waals surface area (Å²) in [5.74, 6) is -0.325. The standard InChI is InChI=1S/C40H80O5Si/c1-6-9-12-15-18-21-24-27-30-35-43-46(38-33-34-42-40(41)39(4)5,44-36-31-28-25-22-19-16-13-10-7-2)45-37-32-29-26-23-20-17-14-11-8-3/h4,6-38H2,1-3,5H3. The molecule has 0 bridgehead atoms. The van der Waals surface area contributed by atoms with E-state index in [-0.39, 0.29) is 5.97 Å². The molecule has 6 heteroatoms. The Hall–Kier alpha value is -0.693. The van der Waals surface area contributed by atoms with Gasteiger partial charge in [-0.1, -0.05) is 181 Å². The fourth-order valence-electron chi connectivity index (χ4n) is 5.84. The van der Waals surface area contributed by atoms with Crippen molar-refractivity contribution in [3.05, 3.63) is 12.2 Å². The minimum absolute atomic E-state index is 0.325. The molecule has 0 aliphatic heterocycles. The third kappa shape index (κ3) is 30.6. The van der Waals surface area contributed by atoms with Gasteiger partial charge in [0.05, 0.1) is 6.61 Å². The van der Waals surface area contributed by atoms with Crippen LogP contribution < -0.4 is 0 Å². The molecule has 0 fully saturated rings. The summed E-state index contributed by atoms with van der Waals surface area (Å²) in [6.07, 6.45) is 35.6. The van der Waals surface area contributed by atoms with Crippen LogP contribution in [0.3, 0.4) is 0 Å². The van der Waals surface area contributed by atoms with E-state index in [1.807, 2.05) is 0 Å². The van der Waals surface area contributed by atoms with Crippen LogP contribution in [-0.2, 0) is 22.8 Å². The average Bonchev–Trinajstić information content (AvgIpc) is 3.05. The largest absolute Gasteiger partial charge is 0.501 e. The highest BCUT2D eigenvalue weighted by Crippen LogP contribution is 2.22. The van der Waals surface area contributed by atoms with Crippen molar-refractivity contribution < 1.29 is 22.8 Å². The Morgan fingerprint density at radius 2 is 0.717 bits per heavy atom. The summed E-state index contributed by atoms with van der Waals surface area (Å²) < 4.78 is 25.4. The second-order valence-electron chi connectivity index (χ2n) is 13.7. The van der Waals surface area contributed by atoms with E-state index in [4.69, 9.17) is 18.0 Å². The highest BCUT2D eigenvalue weighted by atomic mass is 28.4. The summed E-state index contributed by atoms with van der Waals surface area (Å²) in [7, 11) is -2.88. The van der Waals surface area contributed by atoms with Gasteiger partial charge in [0, 0.05) is 31.4 Å². The molecule has 0 aromatic carbocycles. The Morgan fingerprint density at radius 1 is 0.435 bits per heavy atom. The molecule has 0 aliphatic carbocycles. The van der Waals surface area contributed by atoms with E-state index < -0.39 is 8.80 Å². The lowest BCUT2D eigenvalue weighted by Gasteiger charge is -2.30. The third-order valence-corrected chi connectivity index (χ3v) is 11.8. The van der Waals surface area contributed by atoms with Crippen LogP contribution in [0.4, 0.5) is 0 Å². The Bertz CT molecular complexity index is 596. The molecule has 0 radical (unpaired) electrons. The van der Waals surface area contributed by atoms with Crippen LogP contribution in [0.5, 0.6) is 0 Å². The maximum absolute atomic E-state index is 12.0. The SMILES string of the molecule is C=C(C)C(=O)OCCC[Si](OCCCCCCCCCCC)(OCCCCCCCCCCC)OCCCCCCCCCCC. The number of hydrogen-bond donors (Lipinski definition) is 0. The number of esters is 1. The molecule has 0 aliphatic rings. The van der Waals surface area contributed by atoms with Gasteiger partial charge in [-0.3, -0.25) is 0 Å². The summed E-state index contributed by atoms with van der Waals surface area (Å²) in [6.45, 7) is 14.7. The van der Waals surface area contributed by atoms with E-state index in [0.717, 1.165) is 19.3 Å². The molecule has 0 saturated heterocycles. The van der Waals surface area contributed by atoms with Crippen molar-refractivity contribution in [3.63, 3.8) is 0 Å². The van der Waals surface area contributed by atoms with E-state index in [0.29, 0.717) is 44.5 Å². The molecule has 0 heterocycles. The molecular formula is C40H80O5Si. The highest BCUT2D eigenvalue weighted by Gasteiger charge is 2.40. The van der Waals surface area contributed by atoms with E-state index in [1.54, 1.807) is 6.92 Å². The lowest BCUT2D eigenvalue weighted by Crippen LogP contribution is -2.47. The smallest absolute Gasteiger partial charge is 0.462 e. The Labute approximate surface area is 289 Å². The van der Waals surface area contributed by atoms with Crippen LogP contribution in [0.2, 0.25) is 6.04 Å². The van der Waals surface area contributed by atoms with E-state index in [2.05, 4.69) is 27.4 Å². The average molecular weight is 669 g/mol. The van der Waals surface area contributed by atoms with Crippen molar-refractivity contribution in [2.45, 2.75) is 214 Å². The van der Waals surface area contributed by atoms with Crippen molar-refractivity contribution in [1.29, 1.82) is 0 Å². The predicted molar refractivity (Wildman–Crippen MR) is 200 cm³/mol. The normalized spacial score (nSPS) is 11.7. The number of carbonyl (C=O) groups is 1. The zero-order chi connectivity index (χ0) is 33.8. The monoisotopic (exact) mass is 669 g/mol. The fourth-order valence-corrected chi connectivity index (χ4v) is 8.47. The topological polar surface area (TPSA) is 54.0 Å². The molecule has 0 saturated carbocycles. The summed E-state index contributed by atoms with van der Waals surface area (Å²) in [4.78, 5) is 12.0. The van der Waals surface area contributed by atoms with Gasteiger partial charge in [0.15, 0.2) is 0 Å². The number of unbranched alkanes of at least 4 members (excludes halogenated alkanes) is 24. The minimum atomic E-state index is -2.88. The van der Waals surface area contributed by atoms with Gasteiger partial charge in [-0.2, -0.15) is 0 Å². The molecule has 0 rings (SSSR count). The first-order valence-electron chi connectivity index (χ1n) is 20.3. The summed E-state index contributed by atoms with van der Waals surface area (Å²) >= 11 is 0. The van der Waals surface area contributed by atoms with E-state index in [1.165, 1.54) is 154 Å². The second kappa shape index (κ2) is 35.6. The van der Waals surface area contributed by atoms with Crippen molar-refractivity contribution in [3.8, 4) is 0 Å². The van der Waals surface area contributed by atoms with E-state index in [9.17, 15) is 4.79 Å². The Kier molecular flexibility index (Phi) is 35.1. The van der Waals surface area contributed by atoms with Gasteiger partial charge in [0.1, 0.15) is 0 Å². The van der Waals surface area contributed by atoms with Gasteiger partial charge in [-0.25, -0.2) is 4.79 Å². The molecule has 46 heavy (non-hydrogen) atoms. The molecule has 0 aromatic rings.